The van der Waals surface area contributed by atoms with Gasteiger partial charge in [-0.2, -0.15) is 0 Å². The van der Waals surface area contributed by atoms with E-state index in [1.807, 2.05) is 48.5 Å². The zero-order valence-corrected chi connectivity index (χ0v) is 21.2. The fraction of sp³-hybridized carbons (Fsp3) is 0.321. The molecule has 1 aliphatic carbocycles. The molecule has 0 radical (unpaired) electrons. The van der Waals surface area contributed by atoms with Gasteiger partial charge in [0.2, 0.25) is 5.91 Å². The van der Waals surface area contributed by atoms with Crippen molar-refractivity contribution in [2.45, 2.75) is 67.1 Å². The molecule has 0 bridgehead atoms. The summed E-state index contributed by atoms with van der Waals surface area (Å²) in [5, 5.41) is 20.9. The van der Waals surface area contributed by atoms with Crippen LogP contribution < -0.4 is 11.3 Å². The van der Waals surface area contributed by atoms with Gasteiger partial charge in [-0.1, -0.05) is 62.2 Å². The van der Waals surface area contributed by atoms with Crippen molar-refractivity contribution in [2.75, 3.05) is 0 Å². The first-order valence-corrected chi connectivity index (χ1v) is 13.2. The Morgan fingerprint density at radius 1 is 1.03 bits per heavy atom. The maximum Gasteiger partial charge on any atom is 0.234 e. The predicted octanol–water partition coefficient (Wildman–Crippen LogP) is 5.42. The summed E-state index contributed by atoms with van der Waals surface area (Å²) < 4.78 is 0. The van der Waals surface area contributed by atoms with Crippen LogP contribution >= 0.6 is 11.8 Å². The number of nitrogens with zero attached hydrogens (tertiary/aromatic N) is 3. The highest BCUT2D eigenvalue weighted by Crippen LogP contribution is 2.45. The van der Waals surface area contributed by atoms with Gasteiger partial charge in [-0.15, -0.1) is 15.0 Å². The van der Waals surface area contributed by atoms with Gasteiger partial charge in [0, 0.05) is 21.8 Å². The van der Waals surface area contributed by atoms with Crippen LogP contribution in [-0.4, -0.2) is 26.0 Å². The van der Waals surface area contributed by atoms with Crippen molar-refractivity contribution in [1.82, 2.24) is 20.4 Å². The number of benzene rings is 3. The van der Waals surface area contributed by atoms with Crippen molar-refractivity contribution in [3.63, 3.8) is 0 Å². The standard InChI is InChI=1S/C28H31N5O2S/c1-28(14-6-3-7-15-28)22-16-19(10-13-26(34)30-29)17-25(27(22)35)33-31-23-12-11-21(18-24(23)32-33)36-20-8-4-2-5-9-20/h2,4-5,8-9,11-12,16-18,35H,3,6-7,10,13-15,29H2,1H3,(H,30,34). The maximum atomic E-state index is 11.8. The molecule has 3 aromatic carbocycles. The molecular formula is C28H31N5O2S. The lowest BCUT2D eigenvalue weighted by atomic mass is 9.70. The highest BCUT2D eigenvalue weighted by molar-refractivity contribution is 7.99. The Morgan fingerprint density at radius 2 is 1.78 bits per heavy atom. The third-order valence-electron chi connectivity index (χ3n) is 7.10. The van der Waals surface area contributed by atoms with E-state index in [2.05, 4.69) is 24.5 Å². The second-order valence-electron chi connectivity index (χ2n) is 9.76. The monoisotopic (exact) mass is 501 g/mol. The van der Waals surface area contributed by atoms with Crippen molar-refractivity contribution < 1.29 is 9.90 Å². The zero-order valence-electron chi connectivity index (χ0n) is 20.4. The topological polar surface area (TPSA) is 106 Å². The van der Waals surface area contributed by atoms with E-state index in [9.17, 15) is 9.90 Å². The summed E-state index contributed by atoms with van der Waals surface area (Å²) >= 11 is 1.67. The number of rotatable bonds is 7. The maximum absolute atomic E-state index is 11.8. The zero-order chi connectivity index (χ0) is 25.1. The van der Waals surface area contributed by atoms with E-state index < -0.39 is 0 Å². The highest BCUT2D eigenvalue weighted by atomic mass is 32.2. The lowest BCUT2D eigenvalue weighted by Crippen LogP contribution is -2.30. The number of carbonyl (C=O) groups excluding carboxylic acids is 1. The number of hydrogen-bond donors (Lipinski definition) is 3. The van der Waals surface area contributed by atoms with Crippen molar-refractivity contribution in [3.05, 3.63) is 71.8 Å². The van der Waals surface area contributed by atoms with Gasteiger partial charge in [0.1, 0.15) is 22.5 Å². The summed E-state index contributed by atoms with van der Waals surface area (Å²) in [6.07, 6.45) is 6.30. The lowest BCUT2D eigenvalue weighted by molar-refractivity contribution is -0.121. The van der Waals surface area contributed by atoms with E-state index in [4.69, 9.17) is 16.0 Å². The highest BCUT2D eigenvalue weighted by Gasteiger charge is 2.33. The van der Waals surface area contributed by atoms with Gasteiger partial charge >= 0.3 is 0 Å². The van der Waals surface area contributed by atoms with Crippen LogP contribution in [0.1, 0.15) is 56.6 Å². The second kappa shape index (κ2) is 10.3. The number of aromatic nitrogens is 3. The van der Waals surface area contributed by atoms with Gasteiger partial charge in [-0.05, 0) is 66.6 Å². The SMILES string of the molecule is CC1(c2cc(CCC(=O)NN)cc(-n3nc4ccc(Sc5ccccc5)cc4n3)c2O)CCCCC1. The van der Waals surface area contributed by atoms with Crippen LogP contribution in [0.15, 0.2) is 70.5 Å². The number of nitrogens with one attached hydrogen (secondary N) is 1. The van der Waals surface area contributed by atoms with Crippen molar-refractivity contribution >= 4 is 28.7 Å². The molecule has 1 amide bonds. The average molecular weight is 502 g/mol. The number of hydrogen-bond acceptors (Lipinski definition) is 6. The molecule has 4 aromatic rings. The first kappa shape index (κ1) is 24.3. The molecule has 1 aliphatic rings. The molecule has 5 rings (SSSR count). The number of fused-ring (bicyclic) bond motifs is 1. The van der Waals surface area contributed by atoms with E-state index in [0.717, 1.165) is 57.6 Å². The largest absolute Gasteiger partial charge is 0.505 e. The normalized spacial score (nSPS) is 15.2. The summed E-state index contributed by atoms with van der Waals surface area (Å²) in [5.74, 6) is 5.28. The van der Waals surface area contributed by atoms with Crippen LogP contribution in [0.3, 0.4) is 0 Å². The van der Waals surface area contributed by atoms with Crippen LogP contribution in [0.25, 0.3) is 16.7 Å². The number of phenolic OH excluding ortho intramolecular Hbond substituents is 1. The van der Waals surface area contributed by atoms with Gasteiger partial charge in [0.15, 0.2) is 0 Å². The second-order valence-corrected chi connectivity index (χ2v) is 10.9. The third kappa shape index (κ3) is 5.10. The Balaban J connectivity index is 1.54. The molecule has 0 unspecified atom stereocenters. The number of phenols is 1. The fourth-order valence-corrected chi connectivity index (χ4v) is 5.93. The van der Waals surface area contributed by atoms with Crippen LogP contribution in [0.2, 0.25) is 0 Å². The molecule has 1 fully saturated rings. The van der Waals surface area contributed by atoms with Gasteiger partial charge < -0.3 is 5.11 Å². The minimum Gasteiger partial charge on any atom is -0.505 e. The molecule has 0 atom stereocenters. The van der Waals surface area contributed by atoms with E-state index in [1.165, 1.54) is 11.2 Å². The number of carbonyl (C=O) groups is 1. The number of amides is 1. The minimum absolute atomic E-state index is 0.130. The summed E-state index contributed by atoms with van der Waals surface area (Å²) in [6, 6.07) is 20.1. The number of hydrazine groups is 1. The first-order chi connectivity index (χ1) is 17.4. The summed E-state index contributed by atoms with van der Waals surface area (Å²) in [4.78, 5) is 15.6. The van der Waals surface area contributed by atoms with Gasteiger partial charge in [0.25, 0.3) is 0 Å². The number of nitrogens with two attached hydrogens (primary N) is 1. The van der Waals surface area contributed by atoms with Gasteiger partial charge in [0.05, 0.1) is 0 Å². The molecule has 7 nitrogen and oxygen atoms in total. The quantitative estimate of drug-likeness (QED) is 0.177. The predicted molar refractivity (Wildman–Crippen MR) is 142 cm³/mol. The third-order valence-corrected chi connectivity index (χ3v) is 8.10. The van der Waals surface area contributed by atoms with E-state index in [-0.39, 0.29) is 23.5 Å². The van der Waals surface area contributed by atoms with E-state index >= 15 is 0 Å². The molecule has 36 heavy (non-hydrogen) atoms. The summed E-state index contributed by atoms with van der Waals surface area (Å²) in [6.45, 7) is 2.22. The molecule has 1 aromatic heterocycles. The first-order valence-electron chi connectivity index (χ1n) is 12.4. The summed E-state index contributed by atoms with van der Waals surface area (Å²) in [7, 11) is 0. The van der Waals surface area contributed by atoms with E-state index in [1.54, 1.807) is 11.8 Å². The summed E-state index contributed by atoms with van der Waals surface area (Å²) in [5.41, 5.74) is 5.98. The van der Waals surface area contributed by atoms with Gasteiger partial charge in [-0.3, -0.25) is 10.2 Å². The Labute approximate surface area is 215 Å². The molecule has 4 N–H and O–H groups in total. The van der Waals surface area contributed by atoms with Gasteiger partial charge in [-0.25, -0.2) is 5.84 Å². The average Bonchev–Trinajstić information content (AvgIpc) is 3.32. The Hall–Kier alpha value is -3.36. The number of aromatic hydroxyl groups is 1. The smallest absolute Gasteiger partial charge is 0.234 e. The Kier molecular flexibility index (Phi) is 6.98. The Bertz CT molecular complexity index is 1380. The Morgan fingerprint density at radius 3 is 2.53 bits per heavy atom. The van der Waals surface area contributed by atoms with E-state index in [0.29, 0.717) is 12.1 Å². The van der Waals surface area contributed by atoms with Crippen molar-refractivity contribution in [3.8, 4) is 11.4 Å². The molecule has 8 heteroatoms. The van der Waals surface area contributed by atoms with Crippen LogP contribution in [0.5, 0.6) is 5.75 Å². The molecule has 0 aliphatic heterocycles. The van der Waals surface area contributed by atoms with Crippen LogP contribution in [0.4, 0.5) is 0 Å². The minimum atomic E-state index is -0.221. The van der Waals surface area contributed by atoms with Crippen LogP contribution in [-0.2, 0) is 16.6 Å². The fourth-order valence-electron chi connectivity index (χ4n) is 5.06. The molecule has 0 saturated heterocycles. The molecular weight excluding hydrogens is 470 g/mol. The molecule has 1 heterocycles. The molecule has 186 valence electrons. The van der Waals surface area contributed by atoms with Crippen molar-refractivity contribution in [1.29, 1.82) is 0 Å². The number of aryl methyl sites for hydroxylation is 1. The molecule has 0 spiro atoms. The lowest BCUT2D eigenvalue weighted by Gasteiger charge is -2.35. The molecule has 1 saturated carbocycles. The van der Waals surface area contributed by atoms with Crippen LogP contribution in [0, 0.1) is 0 Å². The van der Waals surface area contributed by atoms with Crippen molar-refractivity contribution in [2.24, 2.45) is 5.84 Å².